The molecule has 1 heterocycles. The normalized spacial score (nSPS) is 13.5. The van der Waals surface area contributed by atoms with E-state index in [-0.39, 0.29) is 0 Å². The molecule has 0 spiro atoms. The minimum absolute atomic E-state index is 0.554. The molecule has 15 heavy (non-hydrogen) atoms. The van der Waals surface area contributed by atoms with Crippen LogP contribution in [0.2, 0.25) is 0 Å². The Hall–Kier alpha value is -1.36. The third-order valence-corrected chi connectivity index (χ3v) is 1.94. The van der Waals surface area contributed by atoms with E-state index < -0.39 is 11.5 Å². The van der Waals surface area contributed by atoms with Gasteiger partial charge in [-0.3, -0.25) is 4.79 Å². The third-order valence-electron chi connectivity index (χ3n) is 1.94. The SMILES string of the molecule is CCCCC(C)(N)C(=O)O.c1c[nH]cn1. The van der Waals surface area contributed by atoms with Gasteiger partial charge in [0.25, 0.3) is 0 Å². The summed E-state index contributed by atoms with van der Waals surface area (Å²) in [4.78, 5) is 16.8. The highest BCUT2D eigenvalue weighted by molar-refractivity contribution is 5.77. The van der Waals surface area contributed by atoms with Crippen molar-refractivity contribution in [1.82, 2.24) is 9.97 Å². The van der Waals surface area contributed by atoms with Crippen molar-refractivity contribution in [1.29, 1.82) is 0 Å². The fourth-order valence-electron chi connectivity index (χ4n) is 0.866. The standard InChI is InChI=1S/C7H15NO2.C3H4N2/c1-3-4-5-7(2,8)6(9)10;1-2-5-3-4-1/h3-5,8H2,1-2H3,(H,9,10);1-3H,(H,4,5). The molecule has 0 aromatic carbocycles. The minimum atomic E-state index is -1.03. The summed E-state index contributed by atoms with van der Waals surface area (Å²) in [5, 5.41) is 8.54. The minimum Gasteiger partial charge on any atom is -0.480 e. The van der Waals surface area contributed by atoms with Crippen LogP contribution in [0.15, 0.2) is 18.7 Å². The van der Waals surface area contributed by atoms with Gasteiger partial charge in [-0.1, -0.05) is 19.8 Å². The molecule has 5 nitrogen and oxygen atoms in total. The first kappa shape index (κ1) is 13.6. The van der Waals surface area contributed by atoms with Crippen LogP contribution in [0.1, 0.15) is 33.1 Å². The van der Waals surface area contributed by atoms with Crippen molar-refractivity contribution in [2.75, 3.05) is 0 Å². The molecule has 1 aromatic heterocycles. The number of rotatable bonds is 4. The lowest BCUT2D eigenvalue weighted by Gasteiger charge is -2.17. The second kappa shape index (κ2) is 7.00. The van der Waals surface area contributed by atoms with E-state index in [1.165, 1.54) is 0 Å². The number of hydrogen-bond donors (Lipinski definition) is 3. The molecule has 4 N–H and O–H groups in total. The van der Waals surface area contributed by atoms with E-state index in [0.29, 0.717) is 6.42 Å². The van der Waals surface area contributed by atoms with Crippen LogP contribution in [0.5, 0.6) is 0 Å². The summed E-state index contributed by atoms with van der Waals surface area (Å²) in [6.45, 7) is 3.56. The number of aromatic nitrogens is 2. The molecule has 0 aliphatic carbocycles. The molecule has 1 aromatic rings. The van der Waals surface area contributed by atoms with E-state index >= 15 is 0 Å². The Morgan fingerprint density at radius 3 is 2.60 bits per heavy atom. The number of nitrogens with one attached hydrogen (secondary N) is 1. The highest BCUT2D eigenvalue weighted by Crippen LogP contribution is 2.09. The Bertz CT molecular complexity index is 240. The number of nitrogens with two attached hydrogens (primary N) is 1. The molecule has 86 valence electrons. The fourth-order valence-corrected chi connectivity index (χ4v) is 0.866. The maximum atomic E-state index is 10.4. The summed E-state index contributed by atoms with van der Waals surface area (Å²) in [5.74, 6) is -0.916. The molecule has 0 saturated heterocycles. The van der Waals surface area contributed by atoms with Crippen molar-refractivity contribution in [3.8, 4) is 0 Å². The van der Waals surface area contributed by atoms with Crippen LogP contribution < -0.4 is 5.73 Å². The number of aliphatic carboxylic acids is 1. The van der Waals surface area contributed by atoms with E-state index in [1.54, 1.807) is 25.6 Å². The van der Waals surface area contributed by atoms with Gasteiger partial charge >= 0.3 is 5.97 Å². The van der Waals surface area contributed by atoms with Gasteiger partial charge in [0.15, 0.2) is 0 Å². The summed E-state index contributed by atoms with van der Waals surface area (Å²) >= 11 is 0. The van der Waals surface area contributed by atoms with Crippen LogP contribution in [-0.2, 0) is 4.79 Å². The molecule has 0 amide bonds. The number of nitrogens with zero attached hydrogens (tertiary/aromatic N) is 1. The van der Waals surface area contributed by atoms with Crippen LogP contribution in [0.3, 0.4) is 0 Å². The first-order chi connectivity index (χ1) is 7.00. The molecule has 0 saturated carbocycles. The summed E-state index contributed by atoms with van der Waals surface area (Å²) in [7, 11) is 0. The Morgan fingerprint density at radius 1 is 1.67 bits per heavy atom. The van der Waals surface area contributed by atoms with Gasteiger partial charge in [-0.15, -0.1) is 0 Å². The maximum absolute atomic E-state index is 10.4. The number of imidazole rings is 1. The van der Waals surface area contributed by atoms with Crippen molar-refractivity contribution in [3.05, 3.63) is 18.7 Å². The Labute approximate surface area is 89.7 Å². The average Bonchev–Trinajstić information content (AvgIpc) is 2.72. The molecule has 1 rings (SSSR count). The van der Waals surface area contributed by atoms with Crippen LogP contribution >= 0.6 is 0 Å². The predicted octanol–water partition coefficient (Wildman–Crippen LogP) is 1.39. The van der Waals surface area contributed by atoms with Crippen molar-refractivity contribution in [3.63, 3.8) is 0 Å². The lowest BCUT2D eigenvalue weighted by molar-refractivity contribution is -0.142. The number of hydrogen-bond acceptors (Lipinski definition) is 3. The van der Waals surface area contributed by atoms with E-state index in [9.17, 15) is 4.79 Å². The van der Waals surface area contributed by atoms with Gasteiger partial charge in [0, 0.05) is 12.4 Å². The van der Waals surface area contributed by atoms with Gasteiger partial charge < -0.3 is 15.8 Å². The molecular formula is C10H19N3O2. The van der Waals surface area contributed by atoms with E-state index in [1.807, 2.05) is 6.92 Å². The zero-order chi connectivity index (χ0) is 11.7. The lowest BCUT2D eigenvalue weighted by Crippen LogP contribution is -2.44. The first-order valence-electron chi connectivity index (χ1n) is 4.95. The second-order valence-electron chi connectivity index (χ2n) is 3.59. The number of carbonyl (C=O) groups is 1. The quantitative estimate of drug-likeness (QED) is 0.704. The van der Waals surface area contributed by atoms with Crippen molar-refractivity contribution >= 4 is 5.97 Å². The van der Waals surface area contributed by atoms with Gasteiger partial charge in [-0.05, 0) is 13.3 Å². The van der Waals surface area contributed by atoms with Gasteiger partial charge in [0.2, 0.25) is 0 Å². The number of unbranched alkanes of at least 4 members (excludes halogenated alkanes) is 1. The first-order valence-corrected chi connectivity index (χ1v) is 4.95. The smallest absolute Gasteiger partial charge is 0.323 e. The van der Waals surface area contributed by atoms with Crippen LogP contribution in [0.4, 0.5) is 0 Å². The number of aromatic amines is 1. The molecule has 1 unspecified atom stereocenters. The summed E-state index contributed by atoms with van der Waals surface area (Å²) in [5.41, 5.74) is 4.41. The van der Waals surface area contributed by atoms with Crippen molar-refractivity contribution in [2.24, 2.45) is 5.73 Å². The lowest BCUT2D eigenvalue weighted by atomic mass is 9.97. The molecule has 0 aliphatic rings. The average molecular weight is 213 g/mol. The monoisotopic (exact) mass is 213 g/mol. The summed E-state index contributed by atoms with van der Waals surface area (Å²) in [6.07, 6.45) is 7.50. The summed E-state index contributed by atoms with van der Waals surface area (Å²) in [6, 6.07) is 0. The molecule has 1 atom stereocenters. The van der Waals surface area contributed by atoms with Crippen LogP contribution in [-0.4, -0.2) is 26.6 Å². The van der Waals surface area contributed by atoms with Crippen molar-refractivity contribution < 1.29 is 9.90 Å². The Kier molecular flexibility index (Phi) is 6.37. The van der Waals surface area contributed by atoms with Gasteiger partial charge in [0.1, 0.15) is 5.54 Å². The topological polar surface area (TPSA) is 92.0 Å². The molecule has 0 radical (unpaired) electrons. The van der Waals surface area contributed by atoms with Crippen LogP contribution in [0.25, 0.3) is 0 Å². The van der Waals surface area contributed by atoms with Gasteiger partial charge in [0.05, 0.1) is 6.33 Å². The molecule has 0 aliphatic heterocycles. The van der Waals surface area contributed by atoms with Gasteiger partial charge in [-0.25, -0.2) is 4.98 Å². The van der Waals surface area contributed by atoms with Gasteiger partial charge in [-0.2, -0.15) is 0 Å². The maximum Gasteiger partial charge on any atom is 0.323 e. The van der Waals surface area contributed by atoms with Crippen LogP contribution in [0, 0.1) is 0 Å². The largest absolute Gasteiger partial charge is 0.480 e. The van der Waals surface area contributed by atoms with E-state index in [4.69, 9.17) is 10.8 Å². The summed E-state index contributed by atoms with van der Waals surface area (Å²) < 4.78 is 0. The number of carboxylic acids is 1. The van der Waals surface area contributed by atoms with Crippen molar-refractivity contribution in [2.45, 2.75) is 38.6 Å². The molecule has 0 fully saturated rings. The molecule has 0 bridgehead atoms. The highest BCUT2D eigenvalue weighted by Gasteiger charge is 2.26. The zero-order valence-corrected chi connectivity index (χ0v) is 9.23. The van der Waals surface area contributed by atoms with E-state index in [2.05, 4.69) is 9.97 Å². The fraction of sp³-hybridized carbons (Fsp3) is 0.600. The Morgan fingerprint density at radius 2 is 2.33 bits per heavy atom. The second-order valence-corrected chi connectivity index (χ2v) is 3.59. The predicted molar refractivity (Wildman–Crippen MR) is 58.3 cm³/mol. The highest BCUT2D eigenvalue weighted by atomic mass is 16.4. The Balaban J connectivity index is 0.000000322. The number of H-pyrrole nitrogens is 1. The number of carboxylic acid groups (broad SMARTS) is 1. The molecule has 5 heteroatoms. The van der Waals surface area contributed by atoms with E-state index in [0.717, 1.165) is 12.8 Å². The molecular weight excluding hydrogens is 194 g/mol. The zero-order valence-electron chi connectivity index (χ0n) is 9.23. The third kappa shape index (κ3) is 6.68.